The Labute approximate surface area is 209 Å². The van der Waals surface area contributed by atoms with E-state index < -0.39 is 23.3 Å². The number of benzene rings is 2. The molecule has 0 radical (unpaired) electrons. The number of hydrogen-bond donors (Lipinski definition) is 0. The lowest BCUT2D eigenvalue weighted by atomic mass is 10.2. The molecular formula is C29H27F4NO2. The Kier molecular flexibility index (Phi) is 11.3. The fourth-order valence-electron chi connectivity index (χ4n) is 2.71. The zero-order valence-electron chi connectivity index (χ0n) is 20.4. The average molecular weight is 498 g/mol. The third-order valence-electron chi connectivity index (χ3n) is 4.70. The summed E-state index contributed by atoms with van der Waals surface area (Å²) in [5, 5.41) is 0. The van der Waals surface area contributed by atoms with E-state index in [1.54, 1.807) is 12.3 Å². The first-order chi connectivity index (χ1) is 17.3. The minimum Gasteiger partial charge on any atom is -0.490 e. The van der Waals surface area contributed by atoms with Gasteiger partial charge in [-0.05, 0) is 61.6 Å². The minimum absolute atomic E-state index is 0.0114. The maximum atomic E-state index is 14.0. The van der Waals surface area contributed by atoms with E-state index >= 15 is 0 Å². The highest BCUT2D eigenvalue weighted by Crippen LogP contribution is 2.23. The fourth-order valence-corrected chi connectivity index (χ4v) is 2.71. The molecule has 7 heteroatoms. The lowest BCUT2D eigenvalue weighted by Crippen LogP contribution is -2.01. The van der Waals surface area contributed by atoms with Crippen molar-refractivity contribution in [3.63, 3.8) is 0 Å². The summed E-state index contributed by atoms with van der Waals surface area (Å²) < 4.78 is 64.3. The number of halogens is 4. The first-order valence-corrected chi connectivity index (χ1v) is 11.4. The molecule has 0 saturated carbocycles. The van der Waals surface area contributed by atoms with Crippen LogP contribution >= 0.6 is 0 Å². The van der Waals surface area contributed by atoms with Crippen molar-refractivity contribution >= 4 is 0 Å². The molecule has 0 aliphatic heterocycles. The molecule has 0 N–H and O–H groups in total. The molecule has 1 aromatic heterocycles. The molecule has 3 nitrogen and oxygen atoms in total. The number of rotatable bonds is 7. The van der Waals surface area contributed by atoms with Crippen LogP contribution in [0.15, 0.2) is 42.6 Å². The second-order valence-corrected chi connectivity index (χ2v) is 7.64. The Hall–Kier alpha value is -3.97. The summed E-state index contributed by atoms with van der Waals surface area (Å²) in [4.78, 5) is 4.10. The van der Waals surface area contributed by atoms with Crippen LogP contribution in [0.25, 0.3) is 0 Å². The molecule has 0 saturated heterocycles. The second kappa shape index (κ2) is 14.4. The SMILES string of the molecule is C#Cc1ccc(OCCC)c(F)c1F.CCCCOc1ccc(C#Cc2ccc(C)cn2)c(F)c1F. The molecule has 3 rings (SSSR count). The second-order valence-electron chi connectivity index (χ2n) is 7.64. The summed E-state index contributed by atoms with van der Waals surface area (Å²) in [6, 6.07) is 9.08. The molecule has 3 aromatic rings. The van der Waals surface area contributed by atoms with Gasteiger partial charge in [0.15, 0.2) is 23.1 Å². The van der Waals surface area contributed by atoms with Crippen LogP contribution in [0.3, 0.4) is 0 Å². The quantitative estimate of drug-likeness (QED) is 0.200. The van der Waals surface area contributed by atoms with Gasteiger partial charge in [-0.15, -0.1) is 6.42 Å². The van der Waals surface area contributed by atoms with Crippen molar-refractivity contribution in [3.05, 3.63) is 88.2 Å². The Morgan fingerprint density at radius 2 is 1.36 bits per heavy atom. The predicted octanol–water partition coefficient (Wildman–Crippen LogP) is 6.98. The summed E-state index contributed by atoms with van der Waals surface area (Å²) in [6.07, 6.45) is 9.10. The average Bonchev–Trinajstić information content (AvgIpc) is 2.88. The van der Waals surface area contributed by atoms with Crippen LogP contribution in [0.5, 0.6) is 11.5 Å². The van der Waals surface area contributed by atoms with E-state index in [0.29, 0.717) is 18.9 Å². The molecule has 188 valence electrons. The largest absolute Gasteiger partial charge is 0.490 e. The van der Waals surface area contributed by atoms with E-state index in [1.807, 2.05) is 32.8 Å². The summed E-state index contributed by atoms with van der Waals surface area (Å²) in [5.74, 6) is 3.16. The molecular weight excluding hydrogens is 470 g/mol. The summed E-state index contributed by atoms with van der Waals surface area (Å²) >= 11 is 0. The van der Waals surface area contributed by atoms with Gasteiger partial charge in [0.2, 0.25) is 11.6 Å². The normalized spacial score (nSPS) is 9.83. The molecule has 0 spiro atoms. The van der Waals surface area contributed by atoms with Crippen LogP contribution in [0, 0.1) is 54.4 Å². The van der Waals surface area contributed by atoms with Gasteiger partial charge in [0.1, 0.15) is 5.69 Å². The lowest BCUT2D eigenvalue weighted by molar-refractivity contribution is 0.288. The van der Waals surface area contributed by atoms with Crippen LogP contribution in [0.1, 0.15) is 55.5 Å². The number of unbranched alkanes of at least 4 members (excludes halogenated alkanes) is 1. The molecule has 0 aliphatic rings. The maximum Gasteiger partial charge on any atom is 0.201 e. The van der Waals surface area contributed by atoms with Crippen molar-refractivity contribution in [2.45, 2.75) is 40.0 Å². The number of hydrogen-bond acceptors (Lipinski definition) is 3. The molecule has 2 aromatic carbocycles. The van der Waals surface area contributed by atoms with Crippen LogP contribution in [0.4, 0.5) is 17.6 Å². The van der Waals surface area contributed by atoms with Crippen molar-refractivity contribution in [1.29, 1.82) is 0 Å². The van der Waals surface area contributed by atoms with E-state index in [0.717, 1.165) is 24.8 Å². The van der Waals surface area contributed by atoms with Gasteiger partial charge in [-0.2, -0.15) is 8.78 Å². The highest BCUT2D eigenvalue weighted by atomic mass is 19.2. The fraction of sp³-hybridized carbons (Fsp3) is 0.276. The molecule has 0 unspecified atom stereocenters. The zero-order valence-corrected chi connectivity index (χ0v) is 20.4. The molecule has 1 heterocycles. The van der Waals surface area contributed by atoms with E-state index in [2.05, 4.69) is 16.8 Å². The summed E-state index contributed by atoms with van der Waals surface area (Å²) in [7, 11) is 0. The molecule has 0 fully saturated rings. The Bertz CT molecular complexity index is 1260. The topological polar surface area (TPSA) is 31.4 Å². The third-order valence-corrected chi connectivity index (χ3v) is 4.70. The van der Waals surface area contributed by atoms with Crippen LogP contribution in [-0.2, 0) is 0 Å². The van der Waals surface area contributed by atoms with E-state index in [9.17, 15) is 17.6 Å². The Morgan fingerprint density at radius 3 is 1.92 bits per heavy atom. The van der Waals surface area contributed by atoms with Gasteiger partial charge in [0.05, 0.1) is 24.3 Å². The number of pyridine rings is 1. The number of terminal acetylenes is 1. The number of aromatic nitrogens is 1. The molecule has 0 amide bonds. The maximum absolute atomic E-state index is 14.0. The van der Waals surface area contributed by atoms with Gasteiger partial charge in [-0.1, -0.05) is 38.2 Å². The van der Waals surface area contributed by atoms with Gasteiger partial charge < -0.3 is 9.47 Å². The zero-order chi connectivity index (χ0) is 26.5. The summed E-state index contributed by atoms with van der Waals surface area (Å²) in [5.41, 5.74) is 1.42. The van der Waals surface area contributed by atoms with Crippen molar-refractivity contribution in [2.75, 3.05) is 13.2 Å². The first kappa shape index (κ1) is 28.3. The van der Waals surface area contributed by atoms with Crippen LogP contribution < -0.4 is 9.47 Å². The highest BCUT2D eigenvalue weighted by molar-refractivity contribution is 5.44. The van der Waals surface area contributed by atoms with E-state index in [1.165, 1.54) is 24.3 Å². The van der Waals surface area contributed by atoms with Crippen molar-refractivity contribution in [2.24, 2.45) is 0 Å². The Balaban J connectivity index is 0.000000281. The molecule has 0 aliphatic carbocycles. The smallest absolute Gasteiger partial charge is 0.201 e. The van der Waals surface area contributed by atoms with Gasteiger partial charge >= 0.3 is 0 Å². The monoisotopic (exact) mass is 497 g/mol. The number of ether oxygens (including phenoxy) is 2. The summed E-state index contributed by atoms with van der Waals surface area (Å²) in [6.45, 7) is 6.51. The number of aryl methyl sites for hydroxylation is 1. The van der Waals surface area contributed by atoms with Crippen molar-refractivity contribution < 1.29 is 27.0 Å². The van der Waals surface area contributed by atoms with Gasteiger partial charge in [0.25, 0.3) is 0 Å². The minimum atomic E-state index is -1.03. The number of nitrogens with zero attached hydrogens (tertiary/aromatic N) is 1. The first-order valence-electron chi connectivity index (χ1n) is 11.4. The Morgan fingerprint density at radius 1 is 0.750 bits per heavy atom. The van der Waals surface area contributed by atoms with E-state index in [4.69, 9.17) is 15.9 Å². The van der Waals surface area contributed by atoms with Gasteiger partial charge in [-0.25, -0.2) is 13.8 Å². The van der Waals surface area contributed by atoms with Crippen molar-refractivity contribution in [3.8, 4) is 35.7 Å². The predicted molar refractivity (Wildman–Crippen MR) is 132 cm³/mol. The van der Waals surface area contributed by atoms with E-state index in [-0.39, 0.29) is 22.6 Å². The van der Waals surface area contributed by atoms with Gasteiger partial charge in [0, 0.05) is 6.20 Å². The van der Waals surface area contributed by atoms with Crippen molar-refractivity contribution in [1.82, 2.24) is 4.98 Å². The molecule has 0 atom stereocenters. The highest BCUT2D eigenvalue weighted by Gasteiger charge is 2.14. The molecule has 0 bridgehead atoms. The third kappa shape index (κ3) is 8.06. The lowest BCUT2D eigenvalue weighted by Gasteiger charge is -2.07. The standard InChI is InChI=1S/C18H17F2NO.C11H10F2O/c1-3-4-11-22-16-10-7-14(17(19)18(16)20)6-9-15-8-5-13(2)12-21-15;1-3-7-14-9-6-5-8(4-2)10(12)11(9)13/h5,7-8,10,12H,3-4,11H2,1-2H3;2,5-6H,3,7H2,1H3. The van der Waals surface area contributed by atoms with Crippen LogP contribution in [-0.4, -0.2) is 18.2 Å². The van der Waals surface area contributed by atoms with Gasteiger partial charge in [-0.3, -0.25) is 0 Å². The van der Waals surface area contributed by atoms with Crippen LogP contribution in [0.2, 0.25) is 0 Å². The molecule has 36 heavy (non-hydrogen) atoms.